The van der Waals surface area contributed by atoms with Gasteiger partial charge in [0.1, 0.15) is 12.6 Å². The van der Waals surface area contributed by atoms with Crippen molar-refractivity contribution in [3.05, 3.63) is 83.9 Å². The van der Waals surface area contributed by atoms with Gasteiger partial charge in [-0.15, -0.1) is 0 Å². The van der Waals surface area contributed by atoms with Gasteiger partial charge in [0.15, 0.2) is 11.5 Å². The van der Waals surface area contributed by atoms with Crippen LogP contribution < -0.4 is 19.1 Å². The molecule has 0 fully saturated rings. The van der Waals surface area contributed by atoms with E-state index in [0.29, 0.717) is 18.0 Å². The molecule has 9 nitrogen and oxygen atoms in total. The Hall–Kier alpha value is -4.05. The van der Waals surface area contributed by atoms with Gasteiger partial charge in [-0.05, 0) is 50.6 Å². The first-order chi connectivity index (χ1) is 18.6. The van der Waals surface area contributed by atoms with Crippen molar-refractivity contribution in [1.82, 2.24) is 10.2 Å². The fourth-order valence-corrected chi connectivity index (χ4v) is 5.46. The zero-order chi connectivity index (χ0) is 28.6. The average Bonchev–Trinajstić information content (AvgIpc) is 2.94. The van der Waals surface area contributed by atoms with Crippen LogP contribution in [0.4, 0.5) is 5.69 Å². The second-order valence-electron chi connectivity index (χ2n) is 8.94. The molecule has 2 amide bonds. The first-order valence-corrected chi connectivity index (χ1v) is 14.0. The maximum Gasteiger partial charge on any atom is 0.264 e. The molecule has 39 heavy (non-hydrogen) atoms. The molecule has 0 aliphatic heterocycles. The van der Waals surface area contributed by atoms with Gasteiger partial charge >= 0.3 is 0 Å². The summed E-state index contributed by atoms with van der Waals surface area (Å²) in [6, 6.07) is 19.5. The Morgan fingerprint density at radius 1 is 0.923 bits per heavy atom. The minimum Gasteiger partial charge on any atom is -0.493 e. The molecule has 0 saturated heterocycles. The predicted octanol–water partition coefficient (Wildman–Crippen LogP) is 3.76. The lowest BCUT2D eigenvalue weighted by Crippen LogP contribution is -2.51. The number of aryl methyl sites for hydroxylation is 1. The Bertz CT molecular complexity index is 1380. The summed E-state index contributed by atoms with van der Waals surface area (Å²) >= 11 is 0. The highest BCUT2D eigenvalue weighted by Gasteiger charge is 2.33. The lowest BCUT2D eigenvalue weighted by Gasteiger charge is -2.32. The highest BCUT2D eigenvalue weighted by molar-refractivity contribution is 7.92. The number of nitrogens with one attached hydrogen (secondary N) is 1. The third kappa shape index (κ3) is 7.08. The molecule has 1 N–H and O–H groups in total. The van der Waals surface area contributed by atoms with Gasteiger partial charge in [-0.25, -0.2) is 8.42 Å². The van der Waals surface area contributed by atoms with Crippen LogP contribution in [-0.2, 0) is 26.2 Å². The van der Waals surface area contributed by atoms with Crippen molar-refractivity contribution in [2.24, 2.45) is 0 Å². The second-order valence-corrected chi connectivity index (χ2v) is 10.8. The SMILES string of the molecule is CCNC(=O)[C@H](C)N(Cc1ccccc1)C(=O)CN(c1ccc(C)cc1)S(=O)(=O)c1ccc(OC)c(OC)c1. The summed E-state index contributed by atoms with van der Waals surface area (Å²) in [5.41, 5.74) is 2.06. The number of methoxy groups -OCH3 is 2. The summed E-state index contributed by atoms with van der Waals surface area (Å²) < 4.78 is 39.6. The van der Waals surface area contributed by atoms with Crippen LogP contribution in [0.5, 0.6) is 11.5 Å². The number of likely N-dealkylation sites (N-methyl/N-ethyl adjacent to an activating group) is 1. The van der Waals surface area contributed by atoms with E-state index in [2.05, 4.69) is 5.32 Å². The molecule has 0 radical (unpaired) electrons. The van der Waals surface area contributed by atoms with Gasteiger partial charge in [0.2, 0.25) is 11.8 Å². The average molecular weight is 554 g/mol. The van der Waals surface area contributed by atoms with E-state index in [-0.39, 0.29) is 23.1 Å². The smallest absolute Gasteiger partial charge is 0.264 e. The molecule has 0 aliphatic rings. The van der Waals surface area contributed by atoms with E-state index in [1.54, 1.807) is 38.1 Å². The van der Waals surface area contributed by atoms with Gasteiger partial charge in [0.05, 0.1) is 24.8 Å². The van der Waals surface area contributed by atoms with Crippen LogP contribution in [0.15, 0.2) is 77.7 Å². The van der Waals surface area contributed by atoms with E-state index in [1.807, 2.05) is 37.3 Å². The summed E-state index contributed by atoms with van der Waals surface area (Å²) in [4.78, 5) is 27.9. The number of hydrogen-bond donors (Lipinski definition) is 1. The Labute approximate surface area is 230 Å². The van der Waals surface area contributed by atoms with Crippen LogP contribution in [0.3, 0.4) is 0 Å². The Kier molecular flexibility index (Phi) is 9.95. The number of anilines is 1. The van der Waals surface area contributed by atoms with Crippen molar-refractivity contribution in [3.8, 4) is 11.5 Å². The van der Waals surface area contributed by atoms with Crippen LogP contribution in [0.2, 0.25) is 0 Å². The van der Waals surface area contributed by atoms with E-state index in [4.69, 9.17) is 9.47 Å². The van der Waals surface area contributed by atoms with Crippen molar-refractivity contribution in [1.29, 1.82) is 0 Å². The van der Waals surface area contributed by atoms with Gasteiger partial charge in [-0.2, -0.15) is 0 Å². The number of carbonyl (C=O) groups excluding carboxylic acids is 2. The molecule has 3 aromatic rings. The summed E-state index contributed by atoms with van der Waals surface area (Å²) in [5, 5.41) is 2.75. The number of rotatable bonds is 12. The summed E-state index contributed by atoms with van der Waals surface area (Å²) in [7, 11) is -1.36. The van der Waals surface area contributed by atoms with E-state index < -0.39 is 28.5 Å². The van der Waals surface area contributed by atoms with Crippen molar-refractivity contribution < 1.29 is 27.5 Å². The number of nitrogens with zero attached hydrogens (tertiary/aromatic N) is 2. The molecule has 10 heteroatoms. The number of amides is 2. The molecule has 0 bridgehead atoms. The van der Waals surface area contributed by atoms with Crippen LogP contribution >= 0.6 is 0 Å². The van der Waals surface area contributed by atoms with E-state index in [1.165, 1.54) is 37.3 Å². The predicted molar refractivity (Wildman–Crippen MR) is 150 cm³/mol. The minimum absolute atomic E-state index is 0.0695. The summed E-state index contributed by atoms with van der Waals surface area (Å²) in [6.45, 7) is 5.33. The third-order valence-electron chi connectivity index (χ3n) is 6.26. The highest BCUT2D eigenvalue weighted by Crippen LogP contribution is 2.32. The fraction of sp³-hybridized carbons (Fsp3) is 0.310. The Morgan fingerprint density at radius 3 is 2.15 bits per heavy atom. The fourth-order valence-electron chi connectivity index (χ4n) is 4.03. The topological polar surface area (TPSA) is 105 Å². The van der Waals surface area contributed by atoms with Gasteiger partial charge in [-0.3, -0.25) is 13.9 Å². The molecule has 3 aromatic carbocycles. The molecular formula is C29H35N3O6S. The van der Waals surface area contributed by atoms with E-state index in [0.717, 1.165) is 15.4 Å². The molecule has 0 heterocycles. The first kappa shape index (κ1) is 29.5. The largest absolute Gasteiger partial charge is 0.493 e. The number of carbonyl (C=O) groups is 2. The van der Waals surface area contributed by atoms with Crippen LogP contribution in [0.1, 0.15) is 25.0 Å². The minimum atomic E-state index is -4.23. The molecule has 1 atom stereocenters. The van der Waals surface area contributed by atoms with Gasteiger partial charge in [0.25, 0.3) is 10.0 Å². The summed E-state index contributed by atoms with van der Waals surface area (Å²) in [6.07, 6.45) is 0. The molecule has 0 unspecified atom stereocenters. The van der Waals surface area contributed by atoms with E-state index >= 15 is 0 Å². The zero-order valence-corrected chi connectivity index (χ0v) is 23.7. The van der Waals surface area contributed by atoms with Crippen molar-refractivity contribution in [2.75, 3.05) is 31.6 Å². The third-order valence-corrected chi connectivity index (χ3v) is 8.03. The Balaban J connectivity index is 2.05. The van der Waals surface area contributed by atoms with Gasteiger partial charge in [0, 0.05) is 19.2 Å². The maximum atomic E-state index is 14.0. The lowest BCUT2D eigenvalue weighted by molar-refractivity contribution is -0.139. The van der Waals surface area contributed by atoms with Crippen molar-refractivity contribution in [3.63, 3.8) is 0 Å². The normalized spacial score (nSPS) is 11.8. The number of ether oxygens (including phenoxy) is 2. The quantitative estimate of drug-likeness (QED) is 0.366. The first-order valence-electron chi connectivity index (χ1n) is 12.5. The second kappa shape index (κ2) is 13.1. The van der Waals surface area contributed by atoms with Crippen LogP contribution in [0.25, 0.3) is 0 Å². The van der Waals surface area contributed by atoms with Crippen molar-refractivity contribution >= 4 is 27.5 Å². The zero-order valence-electron chi connectivity index (χ0n) is 22.9. The van der Waals surface area contributed by atoms with Crippen LogP contribution in [-0.4, -0.2) is 58.5 Å². The number of sulfonamides is 1. The maximum absolute atomic E-state index is 14.0. The highest BCUT2D eigenvalue weighted by atomic mass is 32.2. The molecule has 208 valence electrons. The Morgan fingerprint density at radius 2 is 1.56 bits per heavy atom. The molecule has 0 aromatic heterocycles. The monoisotopic (exact) mass is 553 g/mol. The number of benzene rings is 3. The summed E-state index contributed by atoms with van der Waals surface area (Å²) in [5.74, 6) is -0.239. The van der Waals surface area contributed by atoms with Gasteiger partial charge < -0.3 is 19.7 Å². The van der Waals surface area contributed by atoms with E-state index in [9.17, 15) is 18.0 Å². The molecule has 0 spiro atoms. The van der Waals surface area contributed by atoms with Crippen molar-refractivity contribution in [2.45, 2.75) is 38.3 Å². The molecular weight excluding hydrogens is 518 g/mol. The molecule has 0 aliphatic carbocycles. The lowest BCUT2D eigenvalue weighted by atomic mass is 10.1. The standard InChI is InChI=1S/C29H35N3O6S/c1-6-30-29(34)22(3)31(19-23-10-8-7-9-11-23)28(33)20-32(24-14-12-21(2)13-15-24)39(35,36)25-16-17-26(37-4)27(18-25)38-5/h7-18,22H,6,19-20H2,1-5H3,(H,30,34)/t22-/m0/s1. The van der Waals surface area contributed by atoms with Gasteiger partial charge in [-0.1, -0.05) is 48.0 Å². The number of hydrogen-bond acceptors (Lipinski definition) is 6. The molecule has 0 saturated carbocycles. The molecule has 3 rings (SSSR count). The van der Waals surface area contributed by atoms with Crippen LogP contribution in [0, 0.1) is 6.92 Å².